The molecule has 0 aromatic heterocycles. The third-order valence-corrected chi connectivity index (χ3v) is 2.48. The first-order chi connectivity index (χ1) is 6.33. The Balaban J connectivity index is 2.22. The van der Waals surface area contributed by atoms with E-state index in [0.717, 1.165) is 23.1 Å². The standard InChI is InChI=1S/C9H11BrN2O/c10-5-6-12-9(13)7-3-1-2-4-8(7)11-12/h1-4,9,11,13H,5-6H2. The zero-order valence-corrected chi connectivity index (χ0v) is 8.66. The summed E-state index contributed by atoms with van der Waals surface area (Å²) in [6.45, 7) is 0.774. The van der Waals surface area contributed by atoms with Crippen molar-refractivity contribution in [3.63, 3.8) is 0 Å². The number of hydrogen-bond acceptors (Lipinski definition) is 3. The number of aliphatic hydroxyl groups is 1. The van der Waals surface area contributed by atoms with Gasteiger partial charge in [0.2, 0.25) is 0 Å². The molecule has 0 aliphatic carbocycles. The highest BCUT2D eigenvalue weighted by Gasteiger charge is 2.26. The van der Waals surface area contributed by atoms with Gasteiger partial charge in [-0.15, -0.1) is 0 Å². The predicted molar refractivity (Wildman–Crippen MR) is 55.5 cm³/mol. The van der Waals surface area contributed by atoms with E-state index in [2.05, 4.69) is 21.4 Å². The molecule has 0 bridgehead atoms. The molecule has 13 heavy (non-hydrogen) atoms. The molecule has 3 nitrogen and oxygen atoms in total. The Morgan fingerprint density at radius 3 is 2.92 bits per heavy atom. The second kappa shape index (κ2) is 3.65. The molecule has 0 saturated carbocycles. The molecule has 2 rings (SSSR count). The summed E-state index contributed by atoms with van der Waals surface area (Å²) in [6.07, 6.45) is -0.520. The first-order valence-corrected chi connectivity index (χ1v) is 5.31. The van der Waals surface area contributed by atoms with Gasteiger partial charge in [-0.1, -0.05) is 34.1 Å². The van der Waals surface area contributed by atoms with E-state index in [4.69, 9.17) is 0 Å². The number of fused-ring (bicyclic) bond motifs is 1. The van der Waals surface area contributed by atoms with E-state index in [1.165, 1.54) is 0 Å². The second-order valence-electron chi connectivity index (χ2n) is 2.96. The van der Waals surface area contributed by atoms with Gasteiger partial charge in [-0.2, -0.15) is 5.01 Å². The lowest BCUT2D eigenvalue weighted by Gasteiger charge is -2.18. The van der Waals surface area contributed by atoms with Gasteiger partial charge in [-0.05, 0) is 6.07 Å². The van der Waals surface area contributed by atoms with Gasteiger partial charge in [-0.3, -0.25) is 0 Å². The predicted octanol–water partition coefficient (Wildman–Crippen LogP) is 1.71. The number of anilines is 1. The number of nitrogens with zero attached hydrogens (tertiary/aromatic N) is 1. The quantitative estimate of drug-likeness (QED) is 0.776. The van der Waals surface area contributed by atoms with Gasteiger partial charge in [0.1, 0.15) is 0 Å². The van der Waals surface area contributed by atoms with Crippen molar-refractivity contribution >= 4 is 21.6 Å². The van der Waals surface area contributed by atoms with Crippen LogP contribution in [0.2, 0.25) is 0 Å². The normalized spacial score (nSPS) is 21.2. The van der Waals surface area contributed by atoms with Crippen molar-refractivity contribution in [2.45, 2.75) is 6.23 Å². The Morgan fingerprint density at radius 1 is 1.46 bits per heavy atom. The van der Waals surface area contributed by atoms with Crippen molar-refractivity contribution in [2.24, 2.45) is 0 Å². The molecule has 0 spiro atoms. The average Bonchev–Trinajstić information content (AvgIpc) is 2.46. The lowest BCUT2D eigenvalue weighted by molar-refractivity contribution is 0.0378. The van der Waals surface area contributed by atoms with Crippen molar-refractivity contribution in [3.05, 3.63) is 29.8 Å². The van der Waals surface area contributed by atoms with E-state index in [1.54, 1.807) is 5.01 Å². The van der Waals surface area contributed by atoms with Crippen molar-refractivity contribution in [1.29, 1.82) is 0 Å². The van der Waals surface area contributed by atoms with Crippen molar-refractivity contribution in [3.8, 4) is 0 Å². The molecule has 0 amide bonds. The molecule has 1 aliphatic rings. The number of hydrazine groups is 1. The highest BCUT2D eigenvalue weighted by Crippen LogP contribution is 2.32. The molecule has 4 heteroatoms. The van der Waals surface area contributed by atoms with E-state index >= 15 is 0 Å². The topological polar surface area (TPSA) is 35.5 Å². The molecule has 1 atom stereocenters. The minimum atomic E-state index is -0.520. The molecule has 70 valence electrons. The first kappa shape index (κ1) is 8.99. The van der Waals surface area contributed by atoms with Crippen molar-refractivity contribution < 1.29 is 5.11 Å². The minimum absolute atomic E-state index is 0.520. The molecule has 0 saturated heterocycles. The van der Waals surface area contributed by atoms with Gasteiger partial charge in [0, 0.05) is 17.4 Å². The number of halogens is 1. The molecule has 1 aromatic carbocycles. The van der Waals surface area contributed by atoms with Crippen LogP contribution in [0, 0.1) is 0 Å². The number of aliphatic hydroxyl groups excluding tert-OH is 1. The summed E-state index contributed by atoms with van der Waals surface area (Å²) in [6, 6.07) is 7.78. The van der Waals surface area contributed by atoms with Crippen molar-refractivity contribution in [1.82, 2.24) is 5.01 Å². The zero-order chi connectivity index (χ0) is 9.26. The fourth-order valence-corrected chi connectivity index (χ4v) is 1.86. The number of para-hydroxylation sites is 1. The van der Waals surface area contributed by atoms with Crippen LogP contribution in [0.15, 0.2) is 24.3 Å². The van der Waals surface area contributed by atoms with Crippen LogP contribution in [0.1, 0.15) is 11.8 Å². The summed E-state index contributed by atoms with van der Waals surface area (Å²) in [5.41, 5.74) is 5.08. The second-order valence-corrected chi connectivity index (χ2v) is 3.75. The molecule has 1 aromatic rings. The SMILES string of the molecule is OC1c2ccccc2NN1CCBr. The van der Waals surface area contributed by atoms with E-state index in [-0.39, 0.29) is 0 Å². The fourth-order valence-electron chi connectivity index (χ4n) is 1.48. The summed E-state index contributed by atoms with van der Waals surface area (Å²) in [4.78, 5) is 0. The van der Waals surface area contributed by atoms with Gasteiger partial charge in [0.05, 0.1) is 5.69 Å². The van der Waals surface area contributed by atoms with E-state index in [0.29, 0.717) is 0 Å². The molecule has 1 unspecified atom stereocenters. The summed E-state index contributed by atoms with van der Waals surface area (Å²) in [5, 5.41) is 12.5. The first-order valence-electron chi connectivity index (χ1n) is 4.19. The van der Waals surface area contributed by atoms with E-state index in [9.17, 15) is 5.11 Å². The fraction of sp³-hybridized carbons (Fsp3) is 0.333. The molecular weight excluding hydrogens is 232 g/mol. The van der Waals surface area contributed by atoms with Crippen LogP contribution in [0.5, 0.6) is 0 Å². The van der Waals surface area contributed by atoms with E-state index in [1.807, 2.05) is 24.3 Å². The van der Waals surface area contributed by atoms with Crippen molar-refractivity contribution in [2.75, 3.05) is 17.3 Å². The van der Waals surface area contributed by atoms with Gasteiger partial charge in [0.15, 0.2) is 6.23 Å². The highest BCUT2D eigenvalue weighted by atomic mass is 79.9. The molecular formula is C9H11BrN2O. The summed E-state index contributed by atoms with van der Waals surface area (Å²) < 4.78 is 0. The molecule has 0 radical (unpaired) electrons. The number of nitrogens with one attached hydrogen (secondary N) is 1. The Morgan fingerprint density at radius 2 is 2.23 bits per heavy atom. The lowest BCUT2D eigenvalue weighted by Crippen LogP contribution is -2.29. The Hall–Kier alpha value is -0.580. The largest absolute Gasteiger partial charge is 0.372 e. The van der Waals surface area contributed by atoms with Gasteiger partial charge in [0.25, 0.3) is 0 Å². The van der Waals surface area contributed by atoms with Crippen LogP contribution in [0.4, 0.5) is 5.69 Å². The van der Waals surface area contributed by atoms with Crippen LogP contribution >= 0.6 is 15.9 Å². The number of alkyl halides is 1. The minimum Gasteiger partial charge on any atom is -0.372 e. The van der Waals surface area contributed by atoms with Crippen LogP contribution in [-0.2, 0) is 0 Å². The maximum absolute atomic E-state index is 9.81. The average molecular weight is 243 g/mol. The molecule has 2 N–H and O–H groups in total. The smallest absolute Gasteiger partial charge is 0.151 e. The number of rotatable bonds is 2. The van der Waals surface area contributed by atoms with Crippen LogP contribution < -0.4 is 5.43 Å². The Labute approximate surface area is 85.5 Å². The van der Waals surface area contributed by atoms with Gasteiger partial charge >= 0.3 is 0 Å². The molecule has 1 aliphatic heterocycles. The lowest BCUT2D eigenvalue weighted by atomic mass is 10.2. The Kier molecular flexibility index (Phi) is 2.53. The molecule has 0 fully saturated rings. The maximum atomic E-state index is 9.81. The third-order valence-electron chi connectivity index (χ3n) is 2.12. The van der Waals surface area contributed by atoms with Crippen LogP contribution in [0.25, 0.3) is 0 Å². The van der Waals surface area contributed by atoms with Gasteiger partial charge in [-0.25, -0.2) is 0 Å². The highest BCUT2D eigenvalue weighted by molar-refractivity contribution is 9.09. The van der Waals surface area contributed by atoms with Crippen LogP contribution in [-0.4, -0.2) is 22.0 Å². The maximum Gasteiger partial charge on any atom is 0.151 e. The molecule has 1 heterocycles. The summed E-state index contributed by atoms with van der Waals surface area (Å²) in [5.74, 6) is 0. The Bertz CT molecular complexity index is 305. The third kappa shape index (κ3) is 1.57. The monoisotopic (exact) mass is 242 g/mol. The number of hydrogen-bond donors (Lipinski definition) is 2. The summed E-state index contributed by atoms with van der Waals surface area (Å²) >= 11 is 3.34. The van der Waals surface area contributed by atoms with Crippen LogP contribution in [0.3, 0.4) is 0 Å². The summed E-state index contributed by atoms with van der Waals surface area (Å²) in [7, 11) is 0. The van der Waals surface area contributed by atoms with E-state index < -0.39 is 6.23 Å². The number of benzene rings is 1. The zero-order valence-electron chi connectivity index (χ0n) is 7.07. The van der Waals surface area contributed by atoms with Gasteiger partial charge < -0.3 is 10.5 Å².